The molecular weight excluding hydrogens is 553 g/mol. The normalized spacial score (nSPS) is 23.0. The van der Waals surface area contributed by atoms with Gasteiger partial charge in [-0.3, -0.25) is 9.28 Å². The lowest BCUT2D eigenvalue weighted by molar-refractivity contribution is -0.834. The monoisotopic (exact) mass is 585 g/mol. The van der Waals surface area contributed by atoms with Crippen LogP contribution in [0.3, 0.4) is 0 Å². The van der Waals surface area contributed by atoms with E-state index in [0.717, 1.165) is 54.7 Å². The Hall–Kier alpha value is -4.43. The van der Waals surface area contributed by atoms with E-state index in [9.17, 15) is 22.8 Å². The van der Waals surface area contributed by atoms with E-state index < -0.39 is 17.3 Å². The van der Waals surface area contributed by atoms with Gasteiger partial charge in [0.2, 0.25) is 0 Å². The number of esters is 1. The molecular formula is C35H32F3N2O3+. The maximum absolute atomic E-state index is 13.2. The summed E-state index contributed by atoms with van der Waals surface area (Å²) < 4.78 is 45.0. The first-order valence-electron chi connectivity index (χ1n) is 14.3. The second-order valence-electron chi connectivity index (χ2n) is 11.4. The van der Waals surface area contributed by atoms with Crippen molar-refractivity contribution < 1.29 is 32.0 Å². The Morgan fingerprint density at radius 1 is 0.837 bits per heavy atom. The number of anilines is 1. The van der Waals surface area contributed by atoms with Gasteiger partial charge in [0.05, 0.1) is 25.8 Å². The van der Waals surface area contributed by atoms with E-state index in [0.29, 0.717) is 28.3 Å². The fourth-order valence-corrected chi connectivity index (χ4v) is 6.77. The number of nitrogens with zero attached hydrogens (tertiary/aromatic N) is 1. The number of benzene rings is 4. The highest BCUT2D eigenvalue weighted by Gasteiger charge is 2.76. The van der Waals surface area contributed by atoms with Gasteiger partial charge in [-0.2, -0.15) is 13.2 Å². The summed E-state index contributed by atoms with van der Waals surface area (Å²) >= 11 is 0. The lowest BCUT2D eigenvalue weighted by Crippen LogP contribution is -2.45. The number of hydrogen-bond acceptors (Lipinski definition) is 3. The molecule has 0 radical (unpaired) electrons. The summed E-state index contributed by atoms with van der Waals surface area (Å²) in [5.41, 5.74) is 2.94. The molecule has 1 spiro atoms. The molecule has 0 bridgehead atoms. The van der Waals surface area contributed by atoms with Crippen molar-refractivity contribution in [2.45, 2.75) is 30.5 Å². The van der Waals surface area contributed by atoms with Gasteiger partial charge < -0.3 is 10.1 Å². The summed E-state index contributed by atoms with van der Waals surface area (Å²) in [6, 6.07) is 29.4. The number of nitrogens with one attached hydrogen (secondary N) is 1. The molecule has 2 aliphatic rings. The zero-order valence-electron chi connectivity index (χ0n) is 23.7. The first-order chi connectivity index (χ1) is 20.7. The maximum atomic E-state index is 13.2. The number of hydrogen-bond donors (Lipinski definition) is 1. The third-order valence-electron chi connectivity index (χ3n) is 9.16. The summed E-state index contributed by atoms with van der Waals surface area (Å²) in [5.74, 6) is -0.160. The number of carbonyl (C=O) groups excluding carboxylic acids is 2. The van der Waals surface area contributed by atoms with Crippen LogP contribution in [-0.4, -0.2) is 43.1 Å². The zero-order valence-corrected chi connectivity index (χ0v) is 23.7. The Morgan fingerprint density at radius 2 is 1.47 bits per heavy atom. The largest absolute Gasteiger partial charge is 0.464 e. The Bertz CT molecular complexity index is 1630. The van der Waals surface area contributed by atoms with Gasteiger partial charge in [0.1, 0.15) is 0 Å². The summed E-state index contributed by atoms with van der Waals surface area (Å²) in [7, 11) is 1.46. The molecule has 220 valence electrons. The minimum atomic E-state index is -4.42. The molecule has 4 aromatic rings. The number of methoxy groups -OCH3 is 1. The molecule has 5 nitrogen and oxygen atoms in total. The van der Waals surface area contributed by atoms with Crippen LogP contribution in [0.2, 0.25) is 0 Å². The van der Waals surface area contributed by atoms with Crippen LogP contribution in [0, 0.1) is 0 Å². The minimum Gasteiger partial charge on any atom is -0.464 e. The molecule has 1 unspecified atom stereocenters. The second-order valence-corrected chi connectivity index (χ2v) is 11.4. The van der Waals surface area contributed by atoms with Crippen LogP contribution in [0.5, 0.6) is 0 Å². The highest BCUT2D eigenvalue weighted by Crippen LogP contribution is 2.55. The Balaban J connectivity index is 1.12. The van der Waals surface area contributed by atoms with E-state index >= 15 is 0 Å². The first-order valence-corrected chi connectivity index (χ1v) is 14.3. The van der Waals surface area contributed by atoms with Crippen LogP contribution in [-0.2, 0) is 21.2 Å². The molecule has 4 aromatic carbocycles. The van der Waals surface area contributed by atoms with Crippen molar-refractivity contribution in [3.8, 4) is 11.1 Å². The van der Waals surface area contributed by atoms with E-state index in [1.807, 2.05) is 54.6 Å². The molecule has 1 atom stereocenters. The van der Waals surface area contributed by atoms with Gasteiger partial charge in [-0.1, -0.05) is 72.8 Å². The molecule has 0 aliphatic carbocycles. The third kappa shape index (κ3) is 5.20. The van der Waals surface area contributed by atoms with Crippen LogP contribution >= 0.6 is 0 Å². The standard InChI is InChI=1S/C35H31F3N2O3/c1-43-33(42)34(27-7-3-2-4-8-27)23-40(34)21-19-25(20-22-40)24-13-17-29(18-14-24)39-32(41)31-10-6-5-9-30(31)26-11-15-28(16-12-26)35(36,37)38/h2-18,25H,19-23H2,1H3/p+1. The lowest BCUT2D eigenvalue weighted by atomic mass is 9.88. The molecule has 43 heavy (non-hydrogen) atoms. The molecule has 0 aromatic heterocycles. The van der Waals surface area contributed by atoms with Gasteiger partial charge in [-0.15, -0.1) is 0 Å². The van der Waals surface area contributed by atoms with Crippen LogP contribution in [0.1, 0.15) is 45.8 Å². The van der Waals surface area contributed by atoms with Crippen LogP contribution in [0.4, 0.5) is 18.9 Å². The van der Waals surface area contributed by atoms with Crippen LogP contribution in [0.15, 0.2) is 103 Å². The van der Waals surface area contributed by atoms with E-state index in [4.69, 9.17) is 4.74 Å². The molecule has 1 N–H and O–H groups in total. The lowest BCUT2D eigenvalue weighted by Gasteiger charge is -2.33. The summed E-state index contributed by atoms with van der Waals surface area (Å²) in [6.45, 7) is 2.52. The molecule has 8 heteroatoms. The smallest absolute Gasteiger partial charge is 0.416 e. The van der Waals surface area contributed by atoms with Crippen molar-refractivity contribution in [2.24, 2.45) is 0 Å². The molecule has 1 amide bonds. The Kier molecular flexibility index (Phi) is 7.34. The highest BCUT2D eigenvalue weighted by molar-refractivity contribution is 6.08. The van der Waals surface area contributed by atoms with Crippen molar-refractivity contribution in [1.82, 2.24) is 0 Å². The number of quaternary nitrogens is 1. The second kappa shape index (κ2) is 11.0. The van der Waals surface area contributed by atoms with Crippen molar-refractivity contribution >= 4 is 17.6 Å². The van der Waals surface area contributed by atoms with Crippen molar-refractivity contribution in [2.75, 3.05) is 32.1 Å². The molecule has 2 heterocycles. The number of carbonyl (C=O) groups is 2. The fourth-order valence-electron chi connectivity index (χ4n) is 6.77. The van der Waals surface area contributed by atoms with Crippen molar-refractivity contribution in [3.05, 3.63) is 125 Å². The van der Waals surface area contributed by atoms with Gasteiger partial charge in [-0.25, -0.2) is 4.79 Å². The van der Waals surface area contributed by atoms with E-state index in [1.165, 1.54) is 24.8 Å². The highest BCUT2D eigenvalue weighted by atomic mass is 19.4. The Labute approximate surface area is 248 Å². The summed E-state index contributed by atoms with van der Waals surface area (Å²) in [6.07, 6.45) is -2.54. The van der Waals surface area contributed by atoms with Gasteiger partial charge in [0.15, 0.2) is 6.54 Å². The molecule has 2 fully saturated rings. The van der Waals surface area contributed by atoms with E-state index in [1.54, 1.807) is 24.3 Å². The van der Waals surface area contributed by atoms with Gasteiger partial charge in [0.25, 0.3) is 11.4 Å². The van der Waals surface area contributed by atoms with E-state index in [-0.39, 0.29) is 11.9 Å². The van der Waals surface area contributed by atoms with Crippen molar-refractivity contribution in [3.63, 3.8) is 0 Å². The summed E-state index contributed by atoms with van der Waals surface area (Å²) in [4.78, 5) is 26.2. The number of alkyl halides is 3. The number of halogens is 3. The van der Waals surface area contributed by atoms with Crippen LogP contribution < -0.4 is 5.32 Å². The minimum absolute atomic E-state index is 0.169. The Morgan fingerprint density at radius 3 is 2.09 bits per heavy atom. The molecule has 2 saturated heterocycles. The predicted octanol–water partition coefficient (Wildman–Crippen LogP) is 7.40. The zero-order chi connectivity index (χ0) is 30.2. The average molecular weight is 586 g/mol. The average Bonchev–Trinajstić information content (AvgIpc) is 3.69. The number of rotatable bonds is 6. The molecule has 6 rings (SSSR count). The fraction of sp³-hybridized carbons (Fsp3) is 0.257. The molecule has 2 aliphatic heterocycles. The van der Waals surface area contributed by atoms with Gasteiger partial charge >= 0.3 is 12.1 Å². The van der Waals surface area contributed by atoms with Gasteiger partial charge in [-0.05, 0) is 52.9 Å². The first kappa shape index (κ1) is 28.7. The molecule has 0 saturated carbocycles. The number of amides is 1. The van der Waals surface area contributed by atoms with Crippen molar-refractivity contribution in [1.29, 1.82) is 0 Å². The van der Waals surface area contributed by atoms with Crippen LogP contribution in [0.25, 0.3) is 11.1 Å². The van der Waals surface area contributed by atoms with Gasteiger partial charge in [0, 0.05) is 29.7 Å². The SMILES string of the molecule is COC(=O)C1(c2ccccc2)C[N+]12CCC(c1ccc(NC(=O)c3ccccc3-c3ccc(C(F)(F)F)cc3)cc1)CC2. The quantitative estimate of drug-likeness (QED) is 0.146. The maximum Gasteiger partial charge on any atom is 0.416 e. The number of ether oxygens (including phenoxy) is 1. The topological polar surface area (TPSA) is 55.4 Å². The predicted molar refractivity (Wildman–Crippen MR) is 158 cm³/mol. The number of piperidine rings is 1. The van der Waals surface area contributed by atoms with E-state index in [2.05, 4.69) is 5.32 Å². The summed E-state index contributed by atoms with van der Waals surface area (Å²) in [5, 5.41) is 2.93. The third-order valence-corrected chi connectivity index (χ3v) is 9.16.